The van der Waals surface area contributed by atoms with Crippen LogP contribution in [0.2, 0.25) is 0 Å². The summed E-state index contributed by atoms with van der Waals surface area (Å²) in [6.45, 7) is 1.07. The summed E-state index contributed by atoms with van der Waals surface area (Å²) in [5.41, 5.74) is 0.607. The highest BCUT2D eigenvalue weighted by atomic mass is 32.2. The summed E-state index contributed by atoms with van der Waals surface area (Å²) in [5, 5.41) is 8.55. The van der Waals surface area contributed by atoms with E-state index in [1.807, 2.05) is 0 Å². The van der Waals surface area contributed by atoms with E-state index in [2.05, 4.69) is 0 Å². The molecule has 26 heavy (non-hydrogen) atoms. The normalized spacial score (nSPS) is 19.3. The van der Waals surface area contributed by atoms with E-state index in [0.29, 0.717) is 18.7 Å². The molecule has 2 saturated heterocycles. The van der Waals surface area contributed by atoms with Crippen LogP contribution in [-0.4, -0.2) is 57.6 Å². The highest BCUT2D eigenvalue weighted by Gasteiger charge is 2.37. The van der Waals surface area contributed by atoms with Gasteiger partial charge in [-0.3, -0.25) is 19.3 Å². The number of carbonyl (C=O) groups excluding carboxylic acids is 3. The van der Waals surface area contributed by atoms with E-state index in [9.17, 15) is 19.2 Å². The molecule has 0 aliphatic carbocycles. The minimum Gasteiger partial charge on any atom is -0.478 e. The SMILES string of the molecule is O=C(O)c1cccc(C=C2SC(=O)N(CC(=O)N3CCCCC3)C2=O)c1. The zero-order chi connectivity index (χ0) is 18.7. The fraction of sp³-hybridized carbons (Fsp3) is 0.333. The van der Waals surface area contributed by atoms with Gasteiger partial charge in [0.25, 0.3) is 11.1 Å². The summed E-state index contributed by atoms with van der Waals surface area (Å²) in [7, 11) is 0. The van der Waals surface area contributed by atoms with Gasteiger partial charge in [-0.05, 0) is 54.8 Å². The number of nitrogens with zero attached hydrogens (tertiary/aromatic N) is 2. The zero-order valence-electron chi connectivity index (χ0n) is 14.0. The molecule has 1 N–H and O–H groups in total. The molecule has 1 aromatic rings. The number of amides is 3. The van der Waals surface area contributed by atoms with Gasteiger partial charge in [-0.2, -0.15) is 0 Å². The second-order valence-electron chi connectivity index (χ2n) is 6.14. The first-order chi connectivity index (χ1) is 12.5. The third-order valence-electron chi connectivity index (χ3n) is 4.31. The Labute approximate surface area is 154 Å². The van der Waals surface area contributed by atoms with E-state index >= 15 is 0 Å². The lowest BCUT2D eigenvalue weighted by Crippen LogP contribution is -2.44. The van der Waals surface area contributed by atoms with Crippen molar-refractivity contribution >= 4 is 40.9 Å². The fourth-order valence-electron chi connectivity index (χ4n) is 2.93. The second kappa shape index (κ2) is 7.74. The number of thioether (sulfide) groups is 1. The molecule has 0 unspecified atom stereocenters. The van der Waals surface area contributed by atoms with Crippen LogP contribution in [0.5, 0.6) is 0 Å². The molecule has 7 nitrogen and oxygen atoms in total. The number of carboxylic acids is 1. The molecule has 8 heteroatoms. The topological polar surface area (TPSA) is 95.0 Å². The molecule has 2 aliphatic heterocycles. The van der Waals surface area contributed by atoms with Crippen LogP contribution >= 0.6 is 11.8 Å². The van der Waals surface area contributed by atoms with E-state index in [-0.39, 0.29) is 22.9 Å². The van der Waals surface area contributed by atoms with Crippen LogP contribution in [0.3, 0.4) is 0 Å². The molecule has 136 valence electrons. The van der Waals surface area contributed by atoms with Gasteiger partial charge in [0.2, 0.25) is 5.91 Å². The molecular formula is C18H18N2O5S. The van der Waals surface area contributed by atoms with Crippen LogP contribution in [0.15, 0.2) is 29.2 Å². The fourth-order valence-corrected chi connectivity index (χ4v) is 3.77. The van der Waals surface area contributed by atoms with Gasteiger partial charge in [0.15, 0.2) is 0 Å². The number of hydrogen-bond donors (Lipinski definition) is 1. The number of rotatable bonds is 4. The monoisotopic (exact) mass is 374 g/mol. The van der Waals surface area contributed by atoms with Crippen molar-refractivity contribution in [1.82, 2.24) is 9.80 Å². The maximum atomic E-state index is 12.5. The summed E-state index contributed by atoms with van der Waals surface area (Å²) in [6.07, 6.45) is 4.44. The van der Waals surface area contributed by atoms with Gasteiger partial charge in [-0.15, -0.1) is 0 Å². The predicted octanol–water partition coefficient (Wildman–Crippen LogP) is 2.43. The molecule has 0 radical (unpaired) electrons. The molecule has 2 aliphatic rings. The van der Waals surface area contributed by atoms with Crippen LogP contribution in [0, 0.1) is 0 Å². The van der Waals surface area contributed by atoms with Crippen LogP contribution in [-0.2, 0) is 9.59 Å². The van der Waals surface area contributed by atoms with Crippen molar-refractivity contribution < 1.29 is 24.3 Å². The van der Waals surface area contributed by atoms with Gasteiger partial charge >= 0.3 is 5.97 Å². The highest BCUT2D eigenvalue weighted by Crippen LogP contribution is 2.32. The molecular weight excluding hydrogens is 356 g/mol. The average Bonchev–Trinajstić information content (AvgIpc) is 2.90. The predicted molar refractivity (Wildman–Crippen MR) is 96.5 cm³/mol. The molecule has 0 bridgehead atoms. The average molecular weight is 374 g/mol. The summed E-state index contributed by atoms with van der Waals surface area (Å²) in [4.78, 5) is 50.8. The van der Waals surface area contributed by atoms with E-state index in [0.717, 1.165) is 35.9 Å². The molecule has 0 aromatic heterocycles. The van der Waals surface area contributed by atoms with Crippen molar-refractivity contribution in [2.45, 2.75) is 19.3 Å². The van der Waals surface area contributed by atoms with Crippen molar-refractivity contribution in [2.75, 3.05) is 19.6 Å². The van der Waals surface area contributed by atoms with Gasteiger partial charge in [-0.25, -0.2) is 4.79 Å². The molecule has 2 fully saturated rings. The molecule has 0 atom stereocenters. The number of aromatic carboxylic acids is 1. The Bertz CT molecular complexity index is 799. The van der Waals surface area contributed by atoms with Crippen molar-refractivity contribution in [3.05, 3.63) is 40.3 Å². The van der Waals surface area contributed by atoms with E-state index in [4.69, 9.17) is 5.11 Å². The summed E-state index contributed by atoms with van der Waals surface area (Å²) >= 11 is 0.760. The molecule has 2 heterocycles. The largest absolute Gasteiger partial charge is 0.478 e. The number of hydrogen-bond acceptors (Lipinski definition) is 5. The Morgan fingerprint density at radius 2 is 1.88 bits per heavy atom. The first kappa shape index (κ1) is 18.2. The van der Waals surface area contributed by atoms with Crippen molar-refractivity contribution in [3.8, 4) is 0 Å². The lowest BCUT2D eigenvalue weighted by molar-refractivity contribution is -0.136. The third-order valence-corrected chi connectivity index (χ3v) is 5.21. The Morgan fingerprint density at radius 3 is 2.58 bits per heavy atom. The number of benzene rings is 1. The van der Waals surface area contributed by atoms with Crippen LogP contribution < -0.4 is 0 Å². The molecule has 3 rings (SSSR count). The third kappa shape index (κ3) is 3.96. The smallest absolute Gasteiger partial charge is 0.335 e. The lowest BCUT2D eigenvalue weighted by atomic mass is 10.1. The highest BCUT2D eigenvalue weighted by molar-refractivity contribution is 8.18. The number of carbonyl (C=O) groups is 4. The van der Waals surface area contributed by atoms with Gasteiger partial charge in [-0.1, -0.05) is 12.1 Å². The van der Waals surface area contributed by atoms with E-state index < -0.39 is 17.1 Å². The Kier molecular flexibility index (Phi) is 5.41. The number of piperidine rings is 1. The number of likely N-dealkylation sites (tertiary alicyclic amines) is 1. The van der Waals surface area contributed by atoms with Gasteiger partial charge in [0.05, 0.1) is 10.5 Å². The van der Waals surface area contributed by atoms with Crippen molar-refractivity contribution in [2.24, 2.45) is 0 Å². The maximum Gasteiger partial charge on any atom is 0.335 e. The quantitative estimate of drug-likeness (QED) is 0.814. The van der Waals surface area contributed by atoms with Crippen LogP contribution in [0.25, 0.3) is 6.08 Å². The van der Waals surface area contributed by atoms with Gasteiger partial charge < -0.3 is 10.0 Å². The number of imide groups is 1. The first-order valence-corrected chi connectivity index (χ1v) is 9.14. The van der Waals surface area contributed by atoms with Gasteiger partial charge in [0, 0.05) is 13.1 Å². The number of carboxylic acid groups (broad SMARTS) is 1. The molecule has 1 aromatic carbocycles. The first-order valence-electron chi connectivity index (χ1n) is 8.32. The van der Waals surface area contributed by atoms with Crippen LogP contribution in [0.4, 0.5) is 4.79 Å². The van der Waals surface area contributed by atoms with E-state index in [1.165, 1.54) is 18.2 Å². The molecule has 0 spiro atoms. The van der Waals surface area contributed by atoms with Gasteiger partial charge in [0.1, 0.15) is 6.54 Å². The Hall–Kier alpha value is -2.61. The van der Waals surface area contributed by atoms with Crippen molar-refractivity contribution in [3.63, 3.8) is 0 Å². The minimum atomic E-state index is -1.07. The maximum absolute atomic E-state index is 12.5. The Balaban J connectivity index is 1.73. The zero-order valence-corrected chi connectivity index (χ0v) is 14.8. The molecule has 0 saturated carbocycles. The molecule has 3 amide bonds. The standard InChI is InChI=1S/C18H18N2O5S/c21-15(19-7-2-1-3-8-19)11-20-16(22)14(26-18(20)25)10-12-5-4-6-13(9-12)17(23)24/h4-6,9-10H,1-3,7-8,11H2,(H,23,24). The van der Waals surface area contributed by atoms with E-state index in [1.54, 1.807) is 17.0 Å². The lowest BCUT2D eigenvalue weighted by Gasteiger charge is -2.27. The second-order valence-corrected chi connectivity index (χ2v) is 7.13. The Morgan fingerprint density at radius 1 is 1.15 bits per heavy atom. The summed E-state index contributed by atoms with van der Waals surface area (Å²) in [6, 6.07) is 6.09. The van der Waals surface area contributed by atoms with Crippen molar-refractivity contribution in [1.29, 1.82) is 0 Å². The minimum absolute atomic E-state index is 0.0956. The van der Waals surface area contributed by atoms with Crippen LogP contribution in [0.1, 0.15) is 35.2 Å². The summed E-state index contributed by atoms with van der Waals surface area (Å²) < 4.78 is 0. The summed E-state index contributed by atoms with van der Waals surface area (Å²) in [5.74, 6) is -1.81.